The van der Waals surface area contributed by atoms with Crippen LogP contribution in [0.5, 0.6) is 0 Å². The van der Waals surface area contributed by atoms with E-state index < -0.39 is 15.7 Å². The lowest BCUT2D eigenvalue weighted by molar-refractivity contribution is 0.102. The van der Waals surface area contributed by atoms with E-state index in [0.29, 0.717) is 5.69 Å². The third-order valence-electron chi connectivity index (χ3n) is 2.40. The second-order valence-corrected chi connectivity index (χ2v) is 6.22. The van der Waals surface area contributed by atoms with Crippen LogP contribution in [0.1, 0.15) is 10.4 Å². The van der Waals surface area contributed by atoms with Crippen molar-refractivity contribution in [1.29, 1.82) is 0 Å². The Morgan fingerprint density at radius 3 is 2.32 bits per heavy atom. The highest BCUT2D eigenvalue weighted by Crippen LogP contribution is 2.19. The first-order valence-corrected chi connectivity index (χ1v) is 7.49. The summed E-state index contributed by atoms with van der Waals surface area (Å²) in [5.74, 6) is -0.425. The number of rotatable bonds is 3. The molecule has 1 aromatic carbocycles. The van der Waals surface area contributed by atoms with Crippen molar-refractivity contribution in [2.24, 2.45) is 0 Å². The maximum Gasteiger partial charge on any atom is 0.260 e. The standard InChI is InChI=1S/C12H10ClNO4S/c1-19(16,17)9-4-2-8(3-5-9)14-12(15)10-6-7-18-11(10)13/h2-7H,1H3,(H,14,15). The van der Waals surface area contributed by atoms with Crippen molar-refractivity contribution < 1.29 is 17.6 Å². The largest absolute Gasteiger partial charge is 0.452 e. The smallest absolute Gasteiger partial charge is 0.260 e. The molecule has 0 saturated carbocycles. The summed E-state index contributed by atoms with van der Waals surface area (Å²) in [6.07, 6.45) is 2.43. The zero-order valence-corrected chi connectivity index (χ0v) is 11.5. The van der Waals surface area contributed by atoms with Gasteiger partial charge in [0, 0.05) is 11.9 Å². The minimum absolute atomic E-state index is 0.00487. The predicted octanol–water partition coefficient (Wildman–Crippen LogP) is 2.59. The van der Waals surface area contributed by atoms with Crippen molar-refractivity contribution >= 4 is 33.0 Å². The third kappa shape index (κ3) is 3.15. The third-order valence-corrected chi connectivity index (χ3v) is 3.82. The molecule has 5 nitrogen and oxygen atoms in total. The maximum absolute atomic E-state index is 11.8. The second kappa shape index (κ2) is 5.07. The fourth-order valence-corrected chi connectivity index (χ4v) is 2.27. The zero-order valence-electron chi connectivity index (χ0n) is 9.88. The maximum atomic E-state index is 11.8. The molecule has 19 heavy (non-hydrogen) atoms. The van der Waals surface area contributed by atoms with Crippen LogP contribution in [-0.2, 0) is 9.84 Å². The van der Waals surface area contributed by atoms with Crippen LogP contribution in [0.3, 0.4) is 0 Å². The molecule has 1 amide bonds. The van der Waals surface area contributed by atoms with Crippen molar-refractivity contribution in [3.63, 3.8) is 0 Å². The molecular formula is C12H10ClNO4S. The summed E-state index contributed by atoms with van der Waals surface area (Å²) in [6, 6.07) is 7.29. The molecule has 100 valence electrons. The SMILES string of the molecule is CS(=O)(=O)c1ccc(NC(=O)c2ccoc2Cl)cc1. The van der Waals surface area contributed by atoms with Crippen LogP contribution >= 0.6 is 11.6 Å². The Morgan fingerprint density at radius 1 is 1.21 bits per heavy atom. The monoisotopic (exact) mass is 299 g/mol. The lowest BCUT2D eigenvalue weighted by Crippen LogP contribution is -2.11. The summed E-state index contributed by atoms with van der Waals surface area (Å²) in [4.78, 5) is 12.0. The first-order valence-electron chi connectivity index (χ1n) is 5.22. The number of amides is 1. The topological polar surface area (TPSA) is 76.4 Å². The van der Waals surface area contributed by atoms with Crippen LogP contribution in [0, 0.1) is 0 Å². The number of anilines is 1. The summed E-state index contributed by atoms with van der Waals surface area (Å²) in [5, 5.41) is 2.59. The molecule has 0 bridgehead atoms. The van der Waals surface area contributed by atoms with E-state index in [0.717, 1.165) is 6.26 Å². The molecule has 0 aliphatic rings. The lowest BCUT2D eigenvalue weighted by Gasteiger charge is -2.04. The Labute approximate surface area is 115 Å². The number of hydrogen-bond acceptors (Lipinski definition) is 4. The molecule has 0 aliphatic carbocycles. The number of benzene rings is 1. The van der Waals surface area contributed by atoms with E-state index in [1.54, 1.807) is 0 Å². The number of nitrogens with one attached hydrogen (secondary N) is 1. The van der Waals surface area contributed by atoms with Gasteiger partial charge in [-0.3, -0.25) is 4.79 Å². The summed E-state index contributed by atoms with van der Waals surface area (Å²) < 4.78 is 27.4. The summed E-state index contributed by atoms with van der Waals surface area (Å²) >= 11 is 5.68. The first-order chi connectivity index (χ1) is 8.88. The van der Waals surface area contributed by atoms with Crippen LogP contribution in [-0.4, -0.2) is 20.6 Å². The van der Waals surface area contributed by atoms with Gasteiger partial charge in [0.15, 0.2) is 9.84 Å². The van der Waals surface area contributed by atoms with E-state index in [9.17, 15) is 13.2 Å². The van der Waals surface area contributed by atoms with Crippen LogP contribution < -0.4 is 5.32 Å². The molecule has 0 atom stereocenters. The first kappa shape index (κ1) is 13.6. The van der Waals surface area contributed by atoms with Crippen molar-refractivity contribution in [2.75, 3.05) is 11.6 Å². The van der Waals surface area contributed by atoms with E-state index in [2.05, 4.69) is 5.32 Å². The zero-order chi connectivity index (χ0) is 14.0. The summed E-state index contributed by atoms with van der Waals surface area (Å²) in [6.45, 7) is 0. The van der Waals surface area contributed by atoms with Crippen molar-refractivity contribution in [1.82, 2.24) is 0 Å². The van der Waals surface area contributed by atoms with Crippen molar-refractivity contribution in [2.45, 2.75) is 4.90 Å². The number of carbonyl (C=O) groups is 1. The predicted molar refractivity (Wildman–Crippen MR) is 71.2 cm³/mol. The molecule has 0 radical (unpaired) electrons. The average Bonchev–Trinajstić information content (AvgIpc) is 2.75. The minimum Gasteiger partial charge on any atom is -0.452 e. The minimum atomic E-state index is -3.25. The number of hydrogen-bond donors (Lipinski definition) is 1. The molecule has 0 unspecified atom stereocenters. The van der Waals surface area contributed by atoms with E-state index >= 15 is 0 Å². The molecule has 0 saturated heterocycles. The summed E-state index contributed by atoms with van der Waals surface area (Å²) in [7, 11) is -3.25. The van der Waals surface area contributed by atoms with Gasteiger partial charge >= 0.3 is 0 Å². The van der Waals surface area contributed by atoms with Crippen molar-refractivity contribution in [3.05, 3.63) is 47.4 Å². The molecule has 0 aliphatic heterocycles. The van der Waals surface area contributed by atoms with Gasteiger partial charge in [0.2, 0.25) is 5.22 Å². The fourth-order valence-electron chi connectivity index (χ4n) is 1.44. The van der Waals surface area contributed by atoms with Gasteiger partial charge in [0.05, 0.1) is 16.7 Å². The van der Waals surface area contributed by atoms with E-state index in [-0.39, 0.29) is 15.7 Å². The average molecular weight is 300 g/mol. The molecule has 2 rings (SSSR count). The van der Waals surface area contributed by atoms with Crippen molar-refractivity contribution in [3.8, 4) is 0 Å². The Kier molecular flexibility index (Phi) is 3.64. The van der Waals surface area contributed by atoms with Gasteiger partial charge in [-0.25, -0.2) is 8.42 Å². The number of carbonyl (C=O) groups excluding carboxylic acids is 1. The molecule has 1 heterocycles. The Morgan fingerprint density at radius 2 is 1.84 bits per heavy atom. The number of sulfone groups is 1. The van der Waals surface area contributed by atoms with Gasteiger partial charge in [-0.1, -0.05) is 0 Å². The van der Waals surface area contributed by atoms with E-state index in [4.69, 9.17) is 16.0 Å². The molecule has 0 spiro atoms. The number of furan rings is 1. The lowest BCUT2D eigenvalue weighted by atomic mass is 10.3. The Hall–Kier alpha value is -1.79. The van der Waals surface area contributed by atoms with Gasteiger partial charge in [-0.05, 0) is 41.9 Å². The molecule has 1 N–H and O–H groups in total. The highest BCUT2D eigenvalue weighted by atomic mass is 35.5. The number of halogens is 1. The molecule has 7 heteroatoms. The highest BCUT2D eigenvalue weighted by molar-refractivity contribution is 7.90. The van der Waals surface area contributed by atoms with Gasteiger partial charge in [0.25, 0.3) is 5.91 Å². The quantitative estimate of drug-likeness (QED) is 0.945. The van der Waals surface area contributed by atoms with Crippen LogP contribution in [0.15, 0.2) is 45.9 Å². The van der Waals surface area contributed by atoms with Gasteiger partial charge in [-0.15, -0.1) is 0 Å². The fraction of sp³-hybridized carbons (Fsp3) is 0.0833. The van der Waals surface area contributed by atoms with Crippen LogP contribution in [0.4, 0.5) is 5.69 Å². The van der Waals surface area contributed by atoms with Gasteiger partial charge in [0.1, 0.15) is 0 Å². The molecule has 2 aromatic rings. The molecular weight excluding hydrogens is 290 g/mol. The second-order valence-electron chi connectivity index (χ2n) is 3.86. The summed E-state index contributed by atoms with van der Waals surface area (Å²) in [5.41, 5.74) is 0.684. The molecule has 0 fully saturated rings. The highest BCUT2D eigenvalue weighted by Gasteiger charge is 2.13. The Bertz CT molecular complexity index is 704. The molecule has 1 aromatic heterocycles. The Balaban J connectivity index is 2.17. The van der Waals surface area contributed by atoms with Gasteiger partial charge in [-0.2, -0.15) is 0 Å². The van der Waals surface area contributed by atoms with Gasteiger partial charge < -0.3 is 9.73 Å². The van der Waals surface area contributed by atoms with Crippen LogP contribution in [0.2, 0.25) is 5.22 Å². The van der Waals surface area contributed by atoms with Crippen LogP contribution in [0.25, 0.3) is 0 Å². The van der Waals surface area contributed by atoms with E-state index in [1.807, 2.05) is 0 Å². The normalized spacial score (nSPS) is 11.3. The van der Waals surface area contributed by atoms with E-state index in [1.165, 1.54) is 36.6 Å².